The Kier molecular flexibility index (Phi) is 5.69. The normalized spacial score (nSPS) is 24.0. The van der Waals surface area contributed by atoms with Gasteiger partial charge in [0.1, 0.15) is 11.4 Å². The molecular formula is C20H29FN4O2. The predicted octanol–water partition coefficient (Wildman–Crippen LogP) is 2.65. The van der Waals surface area contributed by atoms with Crippen molar-refractivity contribution in [2.75, 3.05) is 37.7 Å². The number of piperazine rings is 1. The highest BCUT2D eigenvalue weighted by Gasteiger charge is 2.47. The van der Waals surface area contributed by atoms with Gasteiger partial charge in [-0.3, -0.25) is 9.69 Å². The lowest BCUT2D eigenvalue weighted by Gasteiger charge is -2.37. The summed E-state index contributed by atoms with van der Waals surface area (Å²) in [6, 6.07) is 6.44. The van der Waals surface area contributed by atoms with Gasteiger partial charge in [0.05, 0.1) is 12.4 Å². The van der Waals surface area contributed by atoms with E-state index in [9.17, 15) is 14.0 Å². The van der Waals surface area contributed by atoms with Crippen molar-refractivity contribution in [1.29, 1.82) is 0 Å². The third-order valence-corrected chi connectivity index (χ3v) is 5.47. The molecule has 0 bridgehead atoms. The molecule has 1 aromatic carbocycles. The smallest absolute Gasteiger partial charge is 0.326 e. The van der Waals surface area contributed by atoms with E-state index in [2.05, 4.69) is 24.1 Å². The van der Waals surface area contributed by atoms with Gasteiger partial charge in [-0.15, -0.1) is 0 Å². The Balaban J connectivity index is 1.56. The topological polar surface area (TPSA) is 55.9 Å². The van der Waals surface area contributed by atoms with Crippen LogP contribution in [0.3, 0.4) is 0 Å². The number of carbonyl (C=O) groups is 2. The van der Waals surface area contributed by atoms with Crippen LogP contribution in [0.2, 0.25) is 0 Å². The Morgan fingerprint density at radius 1 is 1.15 bits per heavy atom. The Labute approximate surface area is 160 Å². The second-order valence-corrected chi connectivity index (χ2v) is 8.13. The molecule has 0 aromatic heterocycles. The number of urea groups is 1. The Morgan fingerprint density at radius 2 is 1.81 bits per heavy atom. The van der Waals surface area contributed by atoms with Crippen molar-refractivity contribution in [3.05, 3.63) is 30.1 Å². The number of carbonyl (C=O) groups excluding carboxylic acids is 2. The van der Waals surface area contributed by atoms with E-state index in [1.54, 1.807) is 12.1 Å². The number of anilines is 1. The zero-order chi connectivity index (χ0) is 19.6. The van der Waals surface area contributed by atoms with Crippen molar-refractivity contribution in [1.82, 2.24) is 15.1 Å². The maximum atomic E-state index is 14.0. The minimum atomic E-state index is -0.809. The molecule has 27 heavy (non-hydrogen) atoms. The highest BCUT2D eigenvalue weighted by Crippen LogP contribution is 2.25. The standard InChI is InChI=1S/C20H29FN4O2/c1-15(2)8-9-20(3)18(26)25(19(27)22-20)14-23-10-12-24(13-11-23)17-7-5-4-6-16(17)21/h4-7,15H,8-14H2,1-3H3,(H,22,27). The maximum Gasteiger partial charge on any atom is 0.326 e. The average molecular weight is 376 g/mol. The first-order chi connectivity index (χ1) is 12.8. The SMILES string of the molecule is CC(C)CCC1(C)NC(=O)N(CN2CCN(c3ccccc3F)CC2)C1=O. The molecule has 1 N–H and O–H groups in total. The maximum absolute atomic E-state index is 14.0. The molecule has 1 atom stereocenters. The van der Waals surface area contributed by atoms with E-state index in [4.69, 9.17) is 0 Å². The molecule has 0 saturated carbocycles. The van der Waals surface area contributed by atoms with Gasteiger partial charge in [0.25, 0.3) is 5.91 Å². The summed E-state index contributed by atoms with van der Waals surface area (Å²) in [5.41, 5.74) is -0.204. The molecule has 2 fully saturated rings. The third-order valence-electron chi connectivity index (χ3n) is 5.47. The molecule has 7 heteroatoms. The fraction of sp³-hybridized carbons (Fsp3) is 0.600. The van der Waals surface area contributed by atoms with Crippen molar-refractivity contribution in [2.45, 2.75) is 39.2 Å². The summed E-state index contributed by atoms with van der Waals surface area (Å²) >= 11 is 0. The Bertz CT molecular complexity index is 703. The molecule has 2 heterocycles. The molecule has 3 amide bonds. The van der Waals surface area contributed by atoms with Gasteiger partial charge in [-0.1, -0.05) is 26.0 Å². The van der Waals surface area contributed by atoms with Gasteiger partial charge in [0.15, 0.2) is 0 Å². The first-order valence-corrected chi connectivity index (χ1v) is 9.66. The van der Waals surface area contributed by atoms with E-state index in [1.807, 2.05) is 17.9 Å². The van der Waals surface area contributed by atoms with Gasteiger partial charge in [0.2, 0.25) is 0 Å². The lowest BCUT2D eigenvalue weighted by atomic mass is 9.92. The van der Waals surface area contributed by atoms with Crippen LogP contribution in [0, 0.1) is 11.7 Å². The lowest BCUT2D eigenvalue weighted by molar-refractivity contribution is -0.132. The van der Waals surface area contributed by atoms with Crippen LogP contribution in [0.15, 0.2) is 24.3 Å². The number of rotatable bonds is 6. The van der Waals surface area contributed by atoms with Crippen LogP contribution in [-0.4, -0.2) is 60.1 Å². The summed E-state index contributed by atoms with van der Waals surface area (Å²) in [5, 5.41) is 2.87. The van der Waals surface area contributed by atoms with Crippen LogP contribution in [0.1, 0.15) is 33.6 Å². The fourth-order valence-electron chi connectivity index (χ4n) is 3.66. The van der Waals surface area contributed by atoms with Crippen LogP contribution in [0.5, 0.6) is 0 Å². The second-order valence-electron chi connectivity index (χ2n) is 8.13. The van der Waals surface area contributed by atoms with E-state index >= 15 is 0 Å². The van der Waals surface area contributed by atoms with E-state index in [1.165, 1.54) is 11.0 Å². The second kappa shape index (κ2) is 7.84. The molecule has 0 spiro atoms. The molecule has 1 aromatic rings. The zero-order valence-electron chi connectivity index (χ0n) is 16.4. The summed E-state index contributed by atoms with van der Waals surface area (Å²) in [6.45, 7) is 8.99. The predicted molar refractivity (Wildman–Crippen MR) is 103 cm³/mol. The van der Waals surface area contributed by atoms with Gasteiger partial charge in [-0.05, 0) is 37.8 Å². The summed E-state index contributed by atoms with van der Waals surface area (Å²) in [5.74, 6) is 0.109. The monoisotopic (exact) mass is 376 g/mol. The Morgan fingerprint density at radius 3 is 2.44 bits per heavy atom. The van der Waals surface area contributed by atoms with Gasteiger partial charge in [-0.2, -0.15) is 0 Å². The molecule has 148 valence electrons. The van der Waals surface area contributed by atoms with Crippen LogP contribution in [0.4, 0.5) is 14.9 Å². The van der Waals surface area contributed by atoms with E-state index in [-0.39, 0.29) is 24.4 Å². The van der Waals surface area contributed by atoms with Crippen LogP contribution < -0.4 is 10.2 Å². The van der Waals surface area contributed by atoms with Crippen LogP contribution in [-0.2, 0) is 4.79 Å². The average Bonchev–Trinajstić information content (AvgIpc) is 2.85. The van der Waals surface area contributed by atoms with Crippen LogP contribution in [0.25, 0.3) is 0 Å². The highest BCUT2D eigenvalue weighted by molar-refractivity contribution is 6.06. The molecule has 0 aliphatic carbocycles. The number of hydrogen-bond donors (Lipinski definition) is 1. The van der Waals surface area contributed by atoms with Crippen molar-refractivity contribution in [3.8, 4) is 0 Å². The van der Waals surface area contributed by atoms with E-state index in [0.29, 0.717) is 44.2 Å². The zero-order valence-corrected chi connectivity index (χ0v) is 16.4. The van der Waals surface area contributed by atoms with Crippen molar-refractivity contribution in [3.63, 3.8) is 0 Å². The highest BCUT2D eigenvalue weighted by atomic mass is 19.1. The number of hydrogen-bond acceptors (Lipinski definition) is 4. The van der Waals surface area contributed by atoms with Crippen molar-refractivity contribution >= 4 is 17.6 Å². The summed E-state index contributed by atoms with van der Waals surface area (Å²) in [6.07, 6.45) is 1.53. The van der Waals surface area contributed by atoms with E-state index < -0.39 is 5.54 Å². The van der Waals surface area contributed by atoms with Gasteiger partial charge < -0.3 is 10.2 Å². The third kappa shape index (κ3) is 4.24. The van der Waals surface area contributed by atoms with Crippen molar-refractivity contribution < 1.29 is 14.0 Å². The number of para-hydroxylation sites is 1. The minimum absolute atomic E-state index is 0.148. The fourth-order valence-corrected chi connectivity index (χ4v) is 3.66. The van der Waals surface area contributed by atoms with Gasteiger partial charge in [-0.25, -0.2) is 14.1 Å². The Hall–Kier alpha value is -2.15. The van der Waals surface area contributed by atoms with Crippen LogP contribution >= 0.6 is 0 Å². The molecule has 3 rings (SSSR count). The number of halogens is 1. The lowest BCUT2D eigenvalue weighted by Crippen LogP contribution is -2.52. The molecule has 2 saturated heterocycles. The molecule has 6 nitrogen and oxygen atoms in total. The number of nitrogens with one attached hydrogen (secondary N) is 1. The molecule has 1 unspecified atom stereocenters. The molecular weight excluding hydrogens is 347 g/mol. The summed E-state index contributed by atoms with van der Waals surface area (Å²) in [4.78, 5) is 30.6. The number of amides is 3. The number of nitrogens with zero attached hydrogens (tertiary/aromatic N) is 3. The molecule has 2 aliphatic rings. The van der Waals surface area contributed by atoms with Crippen molar-refractivity contribution in [2.24, 2.45) is 5.92 Å². The number of benzene rings is 1. The number of imide groups is 1. The quantitative estimate of drug-likeness (QED) is 0.776. The van der Waals surface area contributed by atoms with E-state index in [0.717, 1.165) is 6.42 Å². The summed E-state index contributed by atoms with van der Waals surface area (Å²) in [7, 11) is 0. The molecule has 2 aliphatic heterocycles. The largest absolute Gasteiger partial charge is 0.367 e. The van der Waals surface area contributed by atoms with Gasteiger partial charge in [0, 0.05) is 26.2 Å². The summed E-state index contributed by atoms with van der Waals surface area (Å²) < 4.78 is 14.0. The first kappa shape index (κ1) is 19.6. The minimum Gasteiger partial charge on any atom is -0.367 e. The molecule has 0 radical (unpaired) electrons. The first-order valence-electron chi connectivity index (χ1n) is 9.66. The van der Waals surface area contributed by atoms with Gasteiger partial charge >= 0.3 is 6.03 Å².